The highest BCUT2D eigenvalue weighted by Gasteiger charge is 2.08. The van der Waals surface area contributed by atoms with Gasteiger partial charge in [-0.1, -0.05) is 0 Å². The summed E-state index contributed by atoms with van der Waals surface area (Å²) < 4.78 is 6.57. The van der Waals surface area contributed by atoms with Gasteiger partial charge in [0.2, 0.25) is 6.08 Å². The second-order valence-corrected chi connectivity index (χ2v) is 2.28. The van der Waals surface area contributed by atoms with Gasteiger partial charge in [0, 0.05) is 0 Å². The van der Waals surface area contributed by atoms with Gasteiger partial charge in [-0.2, -0.15) is 4.98 Å². The predicted octanol–water partition coefficient (Wildman–Crippen LogP) is 1.20. The number of aromatic nitrogens is 2. The van der Waals surface area contributed by atoms with Crippen LogP contribution >= 0.6 is 0 Å². The van der Waals surface area contributed by atoms with Crippen LogP contribution in [-0.4, -0.2) is 15.5 Å². The van der Waals surface area contributed by atoms with Gasteiger partial charge < -0.3 is 4.42 Å². The van der Waals surface area contributed by atoms with E-state index in [0.29, 0.717) is 17.4 Å². The molecule has 2 aromatic heterocycles. The molecule has 0 saturated heterocycles. The Hall–Kier alpha value is -1.87. The van der Waals surface area contributed by atoms with Crippen molar-refractivity contribution in [1.82, 2.24) is 9.38 Å². The Morgan fingerprint density at radius 1 is 1.75 bits per heavy atom. The molecule has 2 rings (SSSR count). The number of aryl methyl sites for hydroxylation is 1. The van der Waals surface area contributed by atoms with Gasteiger partial charge in [-0.25, -0.2) is 9.20 Å². The van der Waals surface area contributed by atoms with Crippen LogP contribution in [0.5, 0.6) is 0 Å². The zero-order chi connectivity index (χ0) is 8.55. The molecule has 5 nitrogen and oxygen atoms in total. The van der Waals surface area contributed by atoms with Crippen molar-refractivity contribution in [3.05, 3.63) is 18.2 Å². The largest absolute Gasteiger partial charge is 0.432 e. The lowest BCUT2D eigenvalue weighted by Gasteiger charge is -1.84. The number of aliphatic imine (C=N–C) groups is 1. The van der Waals surface area contributed by atoms with Crippen molar-refractivity contribution in [2.45, 2.75) is 6.92 Å². The average molecular weight is 163 g/mol. The summed E-state index contributed by atoms with van der Waals surface area (Å²) in [5.41, 5.74) is 0.651. The lowest BCUT2D eigenvalue weighted by molar-refractivity contribution is 0.565. The van der Waals surface area contributed by atoms with E-state index in [1.54, 1.807) is 17.5 Å². The molecule has 0 fully saturated rings. The van der Waals surface area contributed by atoms with E-state index < -0.39 is 0 Å². The Kier molecular flexibility index (Phi) is 1.32. The summed E-state index contributed by atoms with van der Waals surface area (Å²) >= 11 is 0. The second-order valence-electron chi connectivity index (χ2n) is 2.28. The van der Waals surface area contributed by atoms with Crippen LogP contribution in [0.25, 0.3) is 5.84 Å². The van der Waals surface area contributed by atoms with Crippen LogP contribution in [0.15, 0.2) is 21.9 Å². The Morgan fingerprint density at radius 2 is 2.58 bits per heavy atom. The van der Waals surface area contributed by atoms with Crippen molar-refractivity contribution in [3.63, 3.8) is 0 Å². The molecule has 2 aromatic rings. The zero-order valence-electron chi connectivity index (χ0n) is 6.31. The van der Waals surface area contributed by atoms with Gasteiger partial charge in [0.25, 0.3) is 0 Å². The first-order chi connectivity index (χ1) is 5.83. The molecule has 0 atom stereocenters. The molecule has 0 aromatic carbocycles. The maximum absolute atomic E-state index is 10.0. The molecule has 0 unspecified atom stereocenters. The number of fused-ring (bicyclic) bond motifs is 1. The minimum Gasteiger partial charge on any atom is -0.432 e. The first-order valence-corrected chi connectivity index (χ1v) is 3.33. The van der Waals surface area contributed by atoms with Crippen LogP contribution in [0.2, 0.25) is 0 Å². The minimum atomic E-state index is 0.432. The van der Waals surface area contributed by atoms with Gasteiger partial charge in [-0.05, 0) is 6.92 Å². The molecule has 2 heterocycles. The Morgan fingerprint density at radius 3 is 3.33 bits per heavy atom. The summed E-state index contributed by atoms with van der Waals surface area (Å²) in [7, 11) is 0. The number of carbonyl (C=O) groups excluding carboxylic acids is 1. The summed E-state index contributed by atoms with van der Waals surface area (Å²) in [6.45, 7) is 1.75. The fourth-order valence-corrected chi connectivity index (χ4v) is 1.06. The predicted molar refractivity (Wildman–Crippen MR) is 40.0 cm³/mol. The molecule has 0 aliphatic heterocycles. The van der Waals surface area contributed by atoms with E-state index in [1.807, 2.05) is 0 Å². The van der Waals surface area contributed by atoms with Crippen LogP contribution in [0.3, 0.4) is 0 Å². The molecule has 0 N–H and O–H groups in total. The Balaban J connectivity index is 2.84. The Labute approximate surface area is 67.4 Å². The van der Waals surface area contributed by atoms with E-state index in [2.05, 4.69) is 9.98 Å². The fourth-order valence-electron chi connectivity index (χ4n) is 1.06. The first-order valence-electron chi connectivity index (χ1n) is 3.33. The smallest absolute Gasteiger partial charge is 0.307 e. The van der Waals surface area contributed by atoms with Crippen molar-refractivity contribution in [2.24, 2.45) is 4.99 Å². The zero-order valence-corrected chi connectivity index (χ0v) is 6.31. The van der Waals surface area contributed by atoms with Crippen molar-refractivity contribution >= 4 is 17.7 Å². The number of hydrogen-bond donors (Lipinski definition) is 0. The molecule has 0 aliphatic rings. The van der Waals surface area contributed by atoms with E-state index in [0.717, 1.165) is 0 Å². The average Bonchev–Trinajstić information content (AvgIpc) is 2.56. The van der Waals surface area contributed by atoms with Gasteiger partial charge in [-0.3, -0.25) is 0 Å². The first kappa shape index (κ1) is 6.82. The maximum atomic E-state index is 10.0. The minimum absolute atomic E-state index is 0.432. The van der Waals surface area contributed by atoms with Gasteiger partial charge in [0.05, 0.1) is 11.9 Å². The molecule has 0 saturated carbocycles. The van der Waals surface area contributed by atoms with Gasteiger partial charge in [-0.15, -0.1) is 4.99 Å². The fraction of sp³-hybridized carbons (Fsp3) is 0.143. The number of nitrogens with zero attached hydrogens (tertiary/aromatic N) is 3. The number of hydrogen-bond acceptors (Lipinski definition) is 4. The van der Waals surface area contributed by atoms with E-state index in [9.17, 15) is 4.79 Å². The van der Waals surface area contributed by atoms with Crippen molar-refractivity contribution in [1.29, 1.82) is 0 Å². The molecule has 12 heavy (non-hydrogen) atoms. The highest BCUT2D eigenvalue weighted by atomic mass is 16.3. The SMILES string of the molecule is Cc1nc2occn2c1N=C=O. The lowest BCUT2D eigenvalue weighted by atomic mass is 10.5. The third-order valence-electron chi connectivity index (χ3n) is 1.56. The molecule has 0 bridgehead atoms. The molecular weight excluding hydrogens is 158 g/mol. The Bertz CT molecular complexity index is 462. The van der Waals surface area contributed by atoms with Crippen molar-refractivity contribution in [3.8, 4) is 0 Å². The maximum Gasteiger partial charge on any atom is 0.307 e. The van der Waals surface area contributed by atoms with Crippen molar-refractivity contribution in [2.75, 3.05) is 0 Å². The summed E-state index contributed by atoms with van der Waals surface area (Å²) in [5.74, 6) is 0.898. The molecule has 0 aliphatic carbocycles. The number of rotatable bonds is 1. The van der Waals surface area contributed by atoms with E-state index in [-0.39, 0.29) is 0 Å². The second kappa shape index (κ2) is 2.32. The third kappa shape index (κ3) is 0.773. The number of isocyanates is 1. The van der Waals surface area contributed by atoms with Crippen LogP contribution in [0.4, 0.5) is 5.82 Å². The quantitative estimate of drug-likeness (QED) is 0.468. The van der Waals surface area contributed by atoms with Gasteiger partial charge >= 0.3 is 5.84 Å². The molecule has 0 spiro atoms. The molecule has 0 amide bonds. The van der Waals surface area contributed by atoms with E-state index in [1.165, 1.54) is 12.3 Å². The number of oxazole rings is 1. The molecular formula is C7H5N3O2. The number of imidazole rings is 1. The van der Waals surface area contributed by atoms with Crippen molar-refractivity contribution < 1.29 is 9.21 Å². The summed E-state index contributed by atoms with van der Waals surface area (Å²) in [5, 5.41) is 0. The van der Waals surface area contributed by atoms with E-state index in [4.69, 9.17) is 4.42 Å². The summed E-state index contributed by atoms with van der Waals surface area (Å²) in [4.78, 5) is 17.5. The van der Waals surface area contributed by atoms with Crippen LogP contribution in [-0.2, 0) is 4.79 Å². The molecule has 0 radical (unpaired) electrons. The molecule has 5 heteroatoms. The third-order valence-corrected chi connectivity index (χ3v) is 1.56. The van der Waals surface area contributed by atoms with Crippen LogP contribution in [0.1, 0.15) is 5.69 Å². The van der Waals surface area contributed by atoms with Crippen LogP contribution in [0, 0.1) is 6.92 Å². The van der Waals surface area contributed by atoms with E-state index >= 15 is 0 Å². The lowest BCUT2D eigenvalue weighted by Crippen LogP contribution is -1.74. The standard InChI is InChI=1S/C7H5N3O2/c1-5-6(8-4-11)10-2-3-12-7(10)9-5/h2-3H,1H3. The van der Waals surface area contributed by atoms with Gasteiger partial charge in [0.15, 0.2) is 5.82 Å². The molecule has 60 valence electrons. The topological polar surface area (TPSA) is 59.9 Å². The summed E-state index contributed by atoms with van der Waals surface area (Å²) in [6, 6.07) is 0. The highest BCUT2D eigenvalue weighted by Crippen LogP contribution is 2.19. The summed E-state index contributed by atoms with van der Waals surface area (Å²) in [6.07, 6.45) is 4.59. The highest BCUT2D eigenvalue weighted by molar-refractivity contribution is 5.52. The monoisotopic (exact) mass is 163 g/mol. The normalized spacial score (nSPS) is 10.1. The van der Waals surface area contributed by atoms with Crippen LogP contribution < -0.4 is 0 Å². The van der Waals surface area contributed by atoms with Gasteiger partial charge in [0.1, 0.15) is 6.26 Å².